The summed E-state index contributed by atoms with van der Waals surface area (Å²) in [5, 5.41) is 3.73. The average molecular weight is 431 g/mol. The minimum absolute atomic E-state index is 0.115. The first-order valence-corrected chi connectivity index (χ1v) is 9.73. The smallest absolute Gasteiger partial charge is 0.406 e. The molecule has 2 aromatic carbocycles. The van der Waals surface area contributed by atoms with Gasteiger partial charge in [-0.1, -0.05) is 18.2 Å². The minimum Gasteiger partial charge on any atom is -0.406 e. The summed E-state index contributed by atoms with van der Waals surface area (Å²) in [5.74, 6) is -1.06. The number of alkyl halides is 3. The van der Waals surface area contributed by atoms with Crippen LogP contribution in [0.5, 0.6) is 5.75 Å². The van der Waals surface area contributed by atoms with E-state index in [1.54, 1.807) is 6.20 Å². The molecule has 2 heterocycles. The lowest BCUT2D eigenvalue weighted by Gasteiger charge is -2.18. The number of carbonyl (C=O) groups excluding carboxylic acids is 2. The van der Waals surface area contributed by atoms with Gasteiger partial charge in [0.25, 0.3) is 0 Å². The molecule has 1 aromatic heterocycles. The highest BCUT2D eigenvalue weighted by Crippen LogP contribution is 2.29. The molecule has 1 aliphatic heterocycles. The van der Waals surface area contributed by atoms with Crippen molar-refractivity contribution in [3.05, 3.63) is 59.8 Å². The third-order valence-electron chi connectivity index (χ3n) is 5.25. The van der Waals surface area contributed by atoms with Gasteiger partial charge in [-0.3, -0.25) is 9.59 Å². The van der Waals surface area contributed by atoms with Crippen molar-refractivity contribution in [3.63, 3.8) is 0 Å². The van der Waals surface area contributed by atoms with Crippen molar-refractivity contribution in [2.45, 2.75) is 32.2 Å². The van der Waals surface area contributed by atoms with Gasteiger partial charge in [0.2, 0.25) is 11.8 Å². The number of H-pyrrole nitrogens is 1. The Bertz CT molecular complexity index is 1140. The van der Waals surface area contributed by atoms with Crippen LogP contribution in [0, 0.1) is 6.92 Å². The number of ether oxygens (including phenoxy) is 1. The number of aryl methyl sites for hydroxylation is 1. The van der Waals surface area contributed by atoms with Crippen molar-refractivity contribution in [1.82, 2.24) is 10.3 Å². The molecule has 162 valence electrons. The number of rotatable bonds is 5. The zero-order valence-corrected chi connectivity index (χ0v) is 16.6. The first-order chi connectivity index (χ1) is 14.7. The van der Waals surface area contributed by atoms with Gasteiger partial charge in [-0.05, 0) is 42.7 Å². The number of hydrogen-bond acceptors (Lipinski definition) is 3. The molecule has 31 heavy (non-hydrogen) atoms. The fourth-order valence-electron chi connectivity index (χ4n) is 3.93. The van der Waals surface area contributed by atoms with Crippen LogP contribution in [0.1, 0.15) is 17.5 Å². The van der Waals surface area contributed by atoms with E-state index < -0.39 is 18.2 Å². The van der Waals surface area contributed by atoms with Crippen LogP contribution in [0.25, 0.3) is 10.9 Å². The van der Waals surface area contributed by atoms with E-state index in [1.807, 2.05) is 25.1 Å². The molecule has 0 radical (unpaired) electrons. The van der Waals surface area contributed by atoms with E-state index in [-0.39, 0.29) is 30.5 Å². The van der Waals surface area contributed by atoms with Crippen LogP contribution in [-0.2, 0) is 16.0 Å². The van der Waals surface area contributed by atoms with Crippen molar-refractivity contribution in [2.75, 3.05) is 11.4 Å². The van der Waals surface area contributed by atoms with Crippen molar-refractivity contribution < 1.29 is 27.5 Å². The van der Waals surface area contributed by atoms with E-state index >= 15 is 0 Å². The molecule has 1 fully saturated rings. The van der Waals surface area contributed by atoms with Crippen molar-refractivity contribution in [3.8, 4) is 5.75 Å². The Morgan fingerprint density at radius 1 is 1.26 bits per heavy atom. The van der Waals surface area contributed by atoms with Gasteiger partial charge in [-0.15, -0.1) is 13.2 Å². The van der Waals surface area contributed by atoms with Gasteiger partial charge in [-0.2, -0.15) is 0 Å². The summed E-state index contributed by atoms with van der Waals surface area (Å²) in [7, 11) is 0. The normalized spacial score (nSPS) is 16.7. The predicted molar refractivity (Wildman–Crippen MR) is 109 cm³/mol. The highest BCUT2D eigenvalue weighted by molar-refractivity contribution is 6.02. The molecule has 9 heteroatoms. The van der Waals surface area contributed by atoms with Crippen LogP contribution >= 0.6 is 0 Å². The molecule has 0 spiro atoms. The third-order valence-corrected chi connectivity index (χ3v) is 5.25. The standard InChI is InChI=1S/C22H20F3N3O3/c1-13-4-2-7-17-20(13)14(12-26-17)10-19(29)27-18-8-9-28(21(18)30)15-5-3-6-16(11-15)31-22(23,24)25/h2-7,11-12,18,26H,8-10H2,1H3,(H,27,29). The Morgan fingerprint density at radius 3 is 2.81 bits per heavy atom. The zero-order chi connectivity index (χ0) is 22.2. The predicted octanol–water partition coefficient (Wildman–Crippen LogP) is 3.84. The Labute approximate surface area is 176 Å². The van der Waals surface area contributed by atoms with Gasteiger partial charge in [0.1, 0.15) is 11.8 Å². The number of carbonyl (C=O) groups is 2. The molecule has 0 aliphatic carbocycles. The summed E-state index contributed by atoms with van der Waals surface area (Å²) in [5.41, 5.74) is 3.11. The summed E-state index contributed by atoms with van der Waals surface area (Å²) in [6, 6.07) is 10.3. The number of nitrogens with one attached hydrogen (secondary N) is 2. The quantitative estimate of drug-likeness (QED) is 0.645. The molecule has 2 N–H and O–H groups in total. The number of hydrogen-bond donors (Lipinski definition) is 2. The SMILES string of the molecule is Cc1cccc2[nH]cc(CC(=O)NC3CCN(c4cccc(OC(F)(F)F)c4)C3=O)c12. The topological polar surface area (TPSA) is 74.4 Å². The van der Waals surface area contributed by atoms with Crippen molar-refractivity contribution in [1.29, 1.82) is 0 Å². The van der Waals surface area contributed by atoms with E-state index in [4.69, 9.17) is 0 Å². The summed E-state index contributed by atoms with van der Waals surface area (Å²) in [6.07, 6.45) is -2.55. The molecule has 2 amide bonds. The van der Waals surface area contributed by atoms with E-state index in [9.17, 15) is 22.8 Å². The van der Waals surface area contributed by atoms with Crippen molar-refractivity contribution >= 4 is 28.4 Å². The molecule has 4 rings (SSSR count). The van der Waals surface area contributed by atoms with Gasteiger partial charge in [-0.25, -0.2) is 0 Å². The van der Waals surface area contributed by atoms with Gasteiger partial charge >= 0.3 is 6.36 Å². The first-order valence-electron chi connectivity index (χ1n) is 9.73. The van der Waals surface area contributed by atoms with Crippen LogP contribution in [0.3, 0.4) is 0 Å². The summed E-state index contributed by atoms with van der Waals surface area (Å²) < 4.78 is 41.3. The van der Waals surface area contributed by atoms with E-state index in [1.165, 1.54) is 23.1 Å². The first kappa shape index (κ1) is 20.8. The maximum Gasteiger partial charge on any atom is 0.573 e. The molecule has 1 unspecified atom stereocenters. The molecule has 0 bridgehead atoms. The van der Waals surface area contributed by atoms with Crippen molar-refractivity contribution in [2.24, 2.45) is 0 Å². The number of anilines is 1. The van der Waals surface area contributed by atoms with Crippen LogP contribution in [0.15, 0.2) is 48.7 Å². The fraction of sp³-hybridized carbons (Fsp3) is 0.273. The second-order valence-corrected chi connectivity index (χ2v) is 7.43. The zero-order valence-electron chi connectivity index (χ0n) is 16.6. The number of amides is 2. The summed E-state index contributed by atoms with van der Waals surface area (Å²) >= 11 is 0. The lowest BCUT2D eigenvalue weighted by atomic mass is 10.0. The number of halogens is 3. The largest absolute Gasteiger partial charge is 0.573 e. The number of nitrogens with zero attached hydrogens (tertiary/aromatic N) is 1. The Morgan fingerprint density at radius 2 is 2.03 bits per heavy atom. The minimum atomic E-state index is -4.81. The maximum absolute atomic E-state index is 12.7. The number of benzene rings is 2. The van der Waals surface area contributed by atoms with E-state index in [2.05, 4.69) is 15.0 Å². The van der Waals surface area contributed by atoms with Gasteiger partial charge in [0.05, 0.1) is 6.42 Å². The lowest BCUT2D eigenvalue weighted by Crippen LogP contribution is -2.42. The van der Waals surface area contributed by atoms with Crippen LogP contribution < -0.4 is 15.0 Å². The lowest BCUT2D eigenvalue weighted by molar-refractivity contribution is -0.274. The highest BCUT2D eigenvalue weighted by Gasteiger charge is 2.35. The molecular formula is C22H20F3N3O3. The number of aromatic amines is 1. The maximum atomic E-state index is 12.7. The molecule has 1 aliphatic rings. The monoisotopic (exact) mass is 431 g/mol. The third kappa shape index (κ3) is 4.50. The Kier molecular flexibility index (Phi) is 5.34. The molecule has 1 atom stereocenters. The molecule has 3 aromatic rings. The van der Waals surface area contributed by atoms with E-state index in [0.29, 0.717) is 6.42 Å². The summed E-state index contributed by atoms with van der Waals surface area (Å²) in [6.45, 7) is 2.25. The summed E-state index contributed by atoms with van der Waals surface area (Å²) in [4.78, 5) is 29.8. The van der Waals surface area contributed by atoms with Gasteiger partial charge in [0.15, 0.2) is 0 Å². The highest BCUT2D eigenvalue weighted by atomic mass is 19.4. The average Bonchev–Trinajstić information content (AvgIpc) is 3.25. The second kappa shape index (κ2) is 7.98. The van der Waals surface area contributed by atoms with E-state index in [0.717, 1.165) is 28.1 Å². The van der Waals surface area contributed by atoms with Crippen LogP contribution in [0.4, 0.5) is 18.9 Å². The van der Waals surface area contributed by atoms with Gasteiger partial charge in [0, 0.05) is 35.4 Å². The Hall–Kier alpha value is -3.49. The molecule has 1 saturated heterocycles. The second-order valence-electron chi connectivity index (χ2n) is 7.43. The molecular weight excluding hydrogens is 411 g/mol. The molecule has 0 saturated carbocycles. The molecule has 6 nitrogen and oxygen atoms in total. The van der Waals surface area contributed by atoms with Crippen LogP contribution in [-0.4, -0.2) is 35.7 Å². The van der Waals surface area contributed by atoms with Gasteiger partial charge < -0.3 is 19.9 Å². The fourth-order valence-corrected chi connectivity index (χ4v) is 3.93. The Balaban J connectivity index is 1.42. The number of fused-ring (bicyclic) bond motifs is 1. The number of aromatic nitrogens is 1. The van der Waals surface area contributed by atoms with Crippen LogP contribution in [0.2, 0.25) is 0 Å².